The molecule has 8 nitrogen and oxygen atoms in total. The lowest BCUT2D eigenvalue weighted by molar-refractivity contribution is -0.119. The highest BCUT2D eigenvalue weighted by Gasteiger charge is 2.34. The largest absolute Gasteiger partial charge is 0.497 e. The van der Waals surface area contributed by atoms with Crippen LogP contribution < -0.4 is 20.7 Å². The van der Waals surface area contributed by atoms with Gasteiger partial charge >= 0.3 is 6.03 Å². The standard InChI is InChI=1S/C21H24N4O4/c1-14(26)22-15-5-7-16(8-6-15)23-20(27)19-4-3-13-25(19)21(28)24-17-9-11-18(29-2)12-10-17/h5-12,19H,3-4,13H2,1-2H3,(H,22,26)(H,23,27)(H,24,28). The van der Waals surface area contributed by atoms with Gasteiger partial charge in [0.05, 0.1) is 7.11 Å². The van der Waals surface area contributed by atoms with E-state index in [0.717, 1.165) is 6.42 Å². The number of carbonyl (C=O) groups excluding carboxylic acids is 3. The van der Waals surface area contributed by atoms with Crippen LogP contribution in [0.15, 0.2) is 48.5 Å². The second-order valence-electron chi connectivity index (χ2n) is 6.76. The van der Waals surface area contributed by atoms with Gasteiger partial charge in [0.25, 0.3) is 0 Å². The molecular weight excluding hydrogens is 372 g/mol. The summed E-state index contributed by atoms with van der Waals surface area (Å²) < 4.78 is 5.11. The fraction of sp³-hybridized carbons (Fsp3) is 0.286. The van der Waals surface area contributed by atoms with Gasteiger partial charge in [-0.2, -0.15) is 0 Å². The first-order valence-electron chi connectivity index (χ1n) is 9.36. The van der Waals surface area contributed by atoms with Crippen molar-refractivity contribution in [3.63, 3.8) is 0 Å². The van der Waals surface area contributed by atoms with E-state index in [-0.39, 0.29) is 17.8 Å². The molecule has 2 aromatic rings. The normalized spacial score (nSPS) is 15.5. The van der Waals surface area contributed by atoms with Gasteiger partial charge in [0.1, 0.15) is 11.8 Å². The lowest BCUT2D eigenvalue weighted by atomic mass is 10.2. The Balaban J connectivity index is 1.60. The number of hydrogen-bond donors (Lipinski definition) is 3. The highest BCUT2D eigenvalue weighted by atomic mass is 16.5. The molecule has 8 heteroatoms. The van der Waals surface area contributed by atoms with Crippen molar-refractivity contribution >= 4 is 34.9 Å². The van der Waals surface area contributed by atoms with Crippen molar-refractivity contribution in [1.29, 1.82) is 0 Å². The highest BCUT2D eigenvalue weighted by molar-refractivity contribution is 5.99. The first-order chi connectivity index (χ1) is 14.0. The summed E-state index contributed by atoms with van der Waals surface area (Å²) in [4.78, 5) is 38.0. The molecule has 2 aromatic carbocycles. The van der Waals surface area contributed by atoms with Crippen molar-refractivity contribution in [3.05, 3.63) is 48.5 Å². The lowest BCUT2D eigenvalue weighted by Crippen LogP contribution is -2.45. The van der Waals surface area contributed by atoms with Crippen molar-refractivity contribution in [3.8, 4) is 5.75 Å². The molecule has 152 valence electrons. The number of likely N-dealkylation sites (tertiary alicyclic amines) is 1. The molecule has 1 atom stereocenters. The highest BCUT2D eigenvalue weighted by Crippen LogP contribution is 2.22. The van der Waals surface area contributed by atoms with Crippen LogP contribution in [0.25, 0.3) is 0 Å². The van der Waals surface area contributed by atoms with Crippen molar-refractivity contribution < 1.29 is 19.1 Å². The Kier molecular flexibility index (Phi) is 6.33. The topological polar surface area (TPSA) is 99.8 Å². The van der Waals surface area contributed by atoms with Crippen molar-refractivity contribution in [2.45, 2.75) is 25.8 Å². The van der Waals surface area contributed by atoms with Gasteiger partial charge in [-0.05, 0) is 61.4 Å². The number of nitrogens with one attached hydrogen (secondary N) is 3. The Morgan fingerprint density at radius 1 is 0.897 bits per heavy atom. The zero-order valence-corrected chi connectivity index (χ0v) is 16.4. The molecule has 0 aliphatic carbocycles. The third kappa shape index (κ3) is 5.25. The SMILES string of the molecule is COc1ccc(NC(=O)N2CCCC2C(=O)Nc2ccc(NC(C)=O)cc2)cc1. The molecule has 29 heavy (non-hydrogen) atoms. The van der Waals surface area contributed by atoms with E-state index in [9.17, 15) is 14.4 Å². The Morgan fingerprint density at radius 3 is 2.03 bits per heavy atom. The van der Waals surface area contributed by atoms with Crippen LogP contribution in [0.4, 0.5) is 21.9 Å². The summed E-state index contributed by atoms with van der Waals surface area (Å²) in [7, 11) is 1.58. The maximum absolute atomic E-state index is 12.7. The van der Waals surface area contributed by atoms with Gasteiger partial charge in [0.15, 0.2) is 0 Å². The number of anilines is 3. The van der Waals surface area contributed by atoms with Crippen LogP contribution in [0.1, 0.15) is 19.8 Å². The zero-order valence-electron chi connectivity index (χ0n) is 16.4. The molecule has 0 radical (unpaired) electrons. The fourth-order valence-corrected chi connectivity index (χ4v) is 3.22. The maximum atomic E-state index is 12.7. The third-order valence-electron chi connectivity index (χ3n) is 4.63. The summed E-state index contributed by atoms with van der Waals surface area (Å²) in [6.07, 6.45) is 1.36. The molecule has 1 unspecified atom stereocenters. The van der Waals surface area contributed by atoms with Crippen LogP contribution in [0.3, 0.4) is 0 Å². The number of nitrogens with zero attached hydrogens (tertiary/aromatic N) is 1. The Morgan fingerprint density at radius 2 is 1.45 bits per heavy atom. The van der Waals surface area contributed by atoms with E-state index < -0.39 is 6.04 Å². The minimum Gasteiger partial charge on any atom is -0.497 e. The third-order valence-corrected chi connectivity index (χ3v) is 4.63. The van der Waals surface area contributed by atoms with Gasteiger partial charge in [-0.3, -0.25) is 9.59 Å². The first kappa shape index (κ1) is 20.2. The van der Waals surface area contributed by atoms with E-state index >= 15 is 0 Å². The molecule has 1 fully saturated rings. The van der Waals surface area contributed by atoms with Gasteiger partial charge in [-0.15, -0.1) is 0 Å². The van der Waals surface area contributed by atoms with E-state index in [4.69, 9.17) is 4.74 Å². The summed E-state index contributed by atoms with van der Waals surface area (Å²) in [6.45, 7) is 1.95. The summed E-state index contributed by atoms with van der Waals surface area (Å²) in [6, 6.07) is 13.0. The van der Waals surface area contributed by atoms with Crippen LogP contribution >= 0.6 is 0 Å². The molecule has 4 amide bonds. The van der Waals surface area contributed by atoms with Crippen LogP contribution in [0, 0.1) is 0 Å². The monoisotopic (exact) mass is 396 g/mol. The second-order valence-corrected chi connectivity index (χ2v) is 6.76. The fourth-order valence-electron chi connectivity index (χ4n) is 3.22. The predicted octanol–water partition coefficient (Wildman–Crippen LogP) is 3.29. The molecule has 0 saturated carbocycles. The molecule has 1 heterocycles. The number of ether oxygens (including phenoxy) is 1. The van der Waals surface area contributed by atoms with Gasteiger partial charge < -0.3 is 25.6 Å². The van der Waals surface area contributed by atoms with Crippen molar-refractivity contribution in [1.82, 2.24) is 4.90 Å². The van der Waals surface area contributed by atoms with Gasteiger partial charge in [-0.1, -0.05) is 0 Å². The Hall–Kier alpha value is -3.55. The van der Waals surface area contributed by atoms with E-state index in [1.807, 2.05) is 0 Å². The quantitative estimate of drug-likeness (QED) is 0.722. The molecule has 0 bridgehead atoms. The number of carbonyl (C=O) groups is 3. The van der Waals surface area contributed by atoms with E-state index in [1.165, 1.54) is 6.92 Å². The van der Waals surface area contributed by atoms with Gasteiger partial charge in [-0.25, -0.2) is 4.79 Å². The molecule has 3 rings (SSSR count). The smallest absolute Gasteiger partial charge is 0.322 e. The van der Waals surface area contributed by atoms with Crippen LogP contribution in [-0.4, -0.2) is 42.4 Å². The average Bonchev–Trinajstić information content (AvgIpc) is 3.20. The van der Waals surface area contributed by atoms with Crippen LogP contribution in [0.2, 0.25) is 0 Å². The van der Waals surface area contributed by atoms with E-state index in [0.29, 0.717) is 35.8 Å². The van der Waals surface area contributed by atoms with Gasteiger partial charge in [0.2, 0.25) is 11.8 Å². The molecule has 1 aliphatic heterocycles. The van der Waals surface area contributed by atoms with E-state index in [1.54, 1.807) is 60.5 Å². The molecule has 0 aromatic heterocycles. The summed E-state index contributed by atoms with van der Waals surface area (Å²) in [5.74, 6) is 0.303. The van der Waals surface area contributed by atoms with Crippen molar-refractivity contribution in [2.75, 3.05) is 29.6 Å². The molecule has 3 N–H and O–H groups in total. The first-order valence-corrected chi connectivity index (χ1v) is 9.36. The lowest BCUT2D eigenvalue weighted by Gasteiger charge is -2.24. The number of amides is 4. The summed E-state index contributed by atoms with van der Waals surface area (Å²) in [5, 5.41) is 8.33. The number of urea groups is 1. The minimum absolute atomic E-state index is 0.161. The zero-order chi connectivity index (χ0) is 20.8. The van der Waals surface area contributed by atoms with Gasteiger partial charge in [0, 0.05) is 30.5 Å². The predicted molar refractivity (Wildman–Crippen MR) is 111 cm³/mol. The Labute approximate surface area is 169 Å². The summed E-state index contributed by atoms with van der Waals surface area (Å²) in [5.41, 5.74) is 1.89. The van der Waals surface area contributed by atoms with Crippen LogP contribution in [-0.2, 0) is 9.59 Å². The van der Waals surface area contributed by atoms with E-state index in [2.05, 4.69) is 16.0 Å². The molecular formula is C21H24N4O4. The number of methoxy groups -OCH3 is 1. The van der Waals surface area contributed by atoms with Crippen LogP contribution in [0.5, 0.6) is 5.75 Å². The minimum atomic E-state index is -0.539. The second kappa shape index (κ2) is 9.09. The number of rotatable bonds is 5. The summed E-state index contributed by atoms with van der Waals surface area (Å²) >= 11 is 0. The number of benzene rings is 2. The average molecular weight is 396 g/mol. The molecule has 1 saturated heterocycles. The van der Waals surface area contributed by atoms with Crippen molar-refractivity contribution in [2.24, 2.45) is 0 Å². The molecule has 0 spiro atoms. The Bertz CT molecular complexity index is 881. The molecule has 1 aliphatic rings. The maximum Gasteiger partial charge on any atom is 0.322 e. The number of hydrogen-bond acceptors (Lipinski definition) is 4.